The molecule has 3 N–H and O–H groups in total. The van der Waals surface area contributed by atoms with Gasteiger partial charge in [-0.25, -0.2) is 4.79 Å². The lowest BCUT2D eigenvalue weighted by Crippen LogP contribution is -2.51. The first-order chi connectivity index (χ1) is 29.6. The van der Waals surface area contributed by atoms with E-state index in [1.165, 1.54) is 4.90 Å². The molecule has 3 amide bonds. The molecule has 0 aliphatic carbocycles. The van der Waals surface area contributed by atoms with Crippen molar-refractivity contribution in [2.75, 3.05) is 119 Å². The third-order valence-corrected chi connectivity index (χ3v) is 7.78. The summed E-state index contributed by atoms with van der Waals surface area (Å²) in [7, 11) is 0. The van der Waals surface area contributed by atoms with E-state index in [1.54, 1.807) is 12.1 Å². The minimum Gasteiger partial charge on any atom is -0.460 e. The molecule has 0 spiro atoms. The topological polar surface area (TPSA) is 228 Å². The van der Waals surface area contributed by atoms with Gasteiger partial charge in [0, 0.05) is 19.5 Å². The van der Waals surface area contributed by atoms with E-state index in [2.05, 4.69) is 5.32 Å². The van der Waals surface area contributed by atoms with Crippen LogP contribution in [-0.4, -0.2) is 171 Å². The highest BCUT2D eigenvalue weighted by Crippen LogP contribution is 2.13. The minimum absolute atomic E-state index is 0.0137. The van der Waals surface area contributed by atoms with Crippen LogP contribution in [-0.2, 0) is 77.9 Å². The van der Waals surface area contributed by atoms with E-state index >= 15 is 0 Å². The maximum atomic E-state index is 13.4. The Balaban J connectivity index is 2.41. The van der Waals surface area contributed by atoms with Crippen LogP contribution in [0.1, 0.15) is 72.8 Å². The number of carbonyl (C=O) groups is 5. The molecule has 0 radical (unpaired) electrons. The first-order valence-corrected chi connectivity index (χ1v) is 21.2. The van der Waals surface area contributed by atoms with E-state index < -0.39 is 35.2 Å². The molecule has 0 fully saturated rings. The lowest BCUT2D eigenvalue weighted by Gasteiger charge is -2.30. The van der Waals surface area contributed by atoms with Crippen LogP contribution in [0.25, 0.3) is 0 Å². The van der Waals surface area contributed by atoms with Crippen LogP contribution < -0.4 is 11.1 Å². The average Bonchev–Trinajstić information content (AvgIpc) is 3.19. The third kappa shape index (κ3) is 33.6. The molecule has 0 unspecified atom stereocenters. The second-order valence-corrected chi connectivity index (χ2v) is 15.6. The van der Waals surface area contributed by atoms with Gasteiger partial charge in [-0.2, -0.15) is 0 Å². The van der Waals surface area contributed by atoms with Gasteiger partial charge in [0.05, 0.1) is 119 Å². The molecule has 19 nitrogen and oxygen atoms in total. The first kappa shape index (κ1) is 56.1. The van der Waals surface area contributed by atoms with E-state index in [0.29, 0.717) is 59.5 Å². The molecule has 0 saturated heterocycles. The summed E-state index contributed by atoms with van der Waals surface area (Å²) in [5, 5.41) is 2.77. The number of nitrogens with zero attached hydrogens (tertiary/aromatic N) is 1. The highest BCUT2D eigenvalue weighted by atomic mass is 16.6. The molecule has 1 atom stereocenters. The van der Waals surface area contributed by atoms with Gasteiger partial charge in [-0.1, -0.05) is 30.3 Å². The van der Waals surface area contributed by atoms with Crippen LogP contribution in [0, 0.1) is 0 Å². The summed E-state index contributed by atoms with van der Waals surface area (Å²) in [6.07, 6.45) is -0.591. The zero-order valence-corrected chi connectivity index (χ0v) is 37.8. The molecule has 0 aliphatic heterocycles. The Morgan fingerprint density at radius 3 is 1.39 bits per heavy atom. The lowest BCUT2D eigenvalue weighted by atomic mass is 10.1. The Morgan fingerprint density at radius 2 is 0.968 bits per heavy atom. The molecule has 1 rings (SSSR count). The van der Waals surface area contributed by atoms with E-state index in [4.69, 9.17) is 57.8 Å². The molecule has 1 aromatic carbocycles. The number of amides is 3. The standard InChI is InChI=1S/C43H73N3O16/c1-42(2,3)61-38(48)14-18-52-22-26-56-30-32-58-28-24-54-20-16-45-40(50)36(12-13-37(44)47)46(41(51)60-34-35-10-8-7-9-11-35)17-21-55-25-29-59-33-31-57-27-23-53-19-15-39(49)62-43(4,5)6/h7-11,36H,12-34H2,1-6H3,(H2,44,47)(H,45,50)/t36-/m0/s1. The van der Waals surface area contributed by atoms with Gasteiger partial charge in [-0.15, -0.1) is 0 Å². The molecule has 0 bridgehead atoms. The predicted octanol–water partition coefficient (Wildman–Crippen LogP) is 2.97. The third-order valence-electron chi connectivity index (χ3n) is 7.78. The van der Waals surface area contributed by atoms with E-state index in [0.717, 1.165) is 5.56 Å². The number of benzene rings is 1. The average molecular weight is 888 g/mol. The fourth-order valence-corrected chi connectivity index (χ4v) is 5.03. The number of ether oxygens (including phenoxy) is 11. The number of rotatable bonds is 37. The quantitative estimate of drug-likeness (QED) is 0.0556. The summed E-state index contributed by atoms with van der Waals surface area (Å²) in [6.45, 7) is 15.5. The normalized spacial score (nSPS) is 12.1. The Bertz CT molecular complexity index is 1360. The van der Waals surface area contributed by atoms with E-state index in [-0.39, 0.29) is 104 Å². The molecule has 0 aliphatic rings. The van der Waals surface area contributed by atoms with E-state index in [1.807, 2.05) is 59.7 Å². The van der Waals surface area contributed by atoms with Gasteiger partial charge in [0.2, 0.25) is 11.8 Å². The van der Waals surface area contributed by atoms with Crippen molar-refractivity contribution < 1.29 is 76.1 Å². The molecule has 0 heterocycles. The zero-order valence-electron chi connectivity index (χ0n) is 37.8. The Hall–Kier alpha value is -3.95. The molecule has 0 aromatic heterocycles. The number of primary amides is 1. The molecular weight excluding hydrogens is 814 g/mol. The Morgan fingerprint density at radius 1 is 0.565 bits per heavy atom. The predicted molar refractivity (Wildman–Crippen MR) is 226 cm³/mol. The summed E-state index contributed by atoms with van der Waals surface area (Å²) in [5.41, 5.74) is 5.13. The molecule has 1 aromatic rings. The van der Waals surface area contributed by atoms with Crippen LogP contribution in [0.2, 0.25) is 0 Å². The number of nitrogens with one attached hydrogen (secondary N) is 1. The second-order valence-electron chi connectivity index (χ2n) is 15.6. The highest BCUT2D eigenvalue weighted by molar-refractivity contribution is 5.86. The van der Waals surface area contributed by atoms with Crippen LogP contribution in [0.3, 0.4) is 0 Å². The molecule has 356 valence electrons. The van der Waals surface area contributed by atoms with Crippen molar-refractivity contribution in [3.05, 3.63) is 35.9 Å². The maximum absolute atomic E-state index is 13.4. The number of carbonyl (C=O) groups excluding carboxylic acids is 5. The number of esters is 2. The smallest absolute Gasteiger partial charge is 0.410 e. The summed E-state index contributed by atoms with van der Waals surface area (Å²) in [6, 6.07) is 8.01. The van der Waals surface area contributed by atoms with Gasteiger partial charge in [0.25, 0.3) is 0 Å². The lowest BCUT2D eigenvalue weighted by molar-refractivity contribution is -0.157. The minimum atomic E-state index is -1.08. The summed E-state index contributed by atoms with van der Waals surface area (Å²) in [4.78, 5) is 63.2. The van der Waals surface area contributed by atoms with Crippen LogP contribution in [0.5, 0.6) is 0 Å². The van der Waals surface area contributed by atoms with Gasteiger partial charge >= 0.3 is 18.0 Å². The Kier molecular flexibility index (Phi) is 31.2. The summed E-state index contributed by atoms with van der Waals surface area (Å²) >= 11 is 0. The second kappa shape index (κ2) is 34.5. The van der Waals surface area contributed by atoms with Gasteiger partial charge < -0.3 is 63.2 Å². The van der Waals surface area contributed by atoms with Crippen LogP contribution >= 0.6 is 0 Å². The van der Waals surface area contributed by atoms with Gasteiger partial charge in [-0.05, 0) is 53.5 Å². The number of hydrogen-bond acceptors (Lipinski definition) is 16. The Labute approximate surface area is 367 Å². The number of hydrogen-bond donors (Lipinski definition) is 2. The van der Waals surface area contributed by atoms with Crippen molar-refractivity contribution in [3.63, 3.8) is 0 Å². The monoisotopic (exact) mass is 887 g/mol. The van der Waals surface area contributed by atoms with Gasteiger partial charge in [0.15, 0.2) is 0 Å². The maximum Gasteiger partial charge on any atom is 0.410 e. The summed E-state index contributed by atoms with van der Waals surface area (Å²) < 4.78 is 60.1. The molecular formula is C43H73N3O16. The largest absolute Gasteiger partial charge is 0.460 e. The van der Waals surface area contributed by atoms with Crippen LogP contribution in [0.4, 0.5) is 4.79 Å². The highest BCUT2D eigenvalue weighted by Gasteiger charge is 2.31. The van der Waals surface area contributed by atoms with Gasteiger partial charge in [0.1, 0.15) is 23.9 Å². The van der Waals surface area contributed by atoms with E-state index in [9.17, 15) is 24.0 Å². The first-order valence-electron chi connectivity index (χ1n) is 21.2. The molecule has 19 heteroatoms. The van der Waals surface area contributed by atoms with Crippen molar-refractivity contribution in [3.8, 4) is 0 Å². The van der Waals surface area contributed by atoms with Gasteiger partial charge in [-0.3, -0.25) is 24.1 Å². The van der Waals surface area contributed by atoms with Crippen molar-refractivity contribution in [2.45, 2.75) is 91.1 Å². The number of nitrogens with two attached hydrogens (primary N) is 1. The fraction of sp³-hybridized carbons (Fsp3) is 0.744. The molecule has 0 saturated carbocycles. The summed E-state index contributed by atoms with van der Waals surface area (Å²) in [5.74, 6) is -1.76. The van der Waals surface area contributed by atoms with Crippen LogP contribution in [0.15, 0.2) is 30.3 Å². The zero-order chi connectivity index (χ0) is 45.9. The van der Waals surface area contributed by atoms with Crippen molar-refractivity contribution in [2.24, 2.45) is 5.73 Å². The SMILES string of the molecule is CC(C)(C)OC(=O)CCOCCOCCOCCOCCNC(=O)[C@H](CCC(N)=O)N(CCOCCOCCOCCOCCC(=O)OC(C)(C)C)C(=O)OCc1ccccc1. The molecule has 62 heavy (non-hydrogen) atoms. The fourth-order valence-electron chi connectivity index (χ4n) is 5.03. The van der Waals surface area contributed by atoms with Crippen molar-refractivity contribution in [1.29, 1.82) is 0 Å². The van der Waals surface area contributed by atoms with Crippen molar-refractivity contribution >= 4 is 29.8 Å². The van der Waals surface area contributed by atoms with Crippen molar-refractivity contribution in [1.82, 2.24) is 10.2 Å².